The summed E-state index contributed by atoms with van der Waals surface area (Å²) in [4.78, 5) is 28.5. The van der Waals surface area contributed by atoms with Crippen LogP contribution in [0.5, 0.6) is 0 Å². The summed E-state index contributed by atoms with van der Waals surface area (Å²) in [5, 5.41) is 6.46. The number of benzene rings is 1. The van der Waals surface area contributed by atoms with Crippen LogP contribution >= 0.6 is 15.9 Å². The van der Waals surface area contributed by atoms with Gasteiger partial charge in [-0.3, -0.25) is 9.59 Å². The topological polar surface area (TPSA) is 81.3 Å². The van der Waals surface area contributed by atoms with Crippen LogP contribution in [0.3, 0.4) is 0 Å². The third-order valence-electron chi connectivity index (χ3n) is 3.81. The highest BCUT2D eigenvalue weighted by Gasteiger charge is 2.30. The van der Waals surface area contributed by atoms with Crippen LogP contribution in [-0.2, 0) is 23.9 Å². The number of hydrogen-bond acceptors (Lipinski definition) is 4. The predicted molar refractivity (Wildman–Crippen MR) is 94.4 cm³/mol. The van der Waals surface area contributed by atoms with E-state index in [-0.39, 0.29) is 28.3 Å². The Morgan fingerprint density at radius 2 is 1.93 bits per heavy atom. The summed E-state index contributed by atoms with van der Waals surface area (Å²) in [6.07, 6.45) is -3.97. The van der Waals surface area contributed by atoms with Crippen molar-refractivity contribution in [3.63, 3.8) is 0 Å². The molecule has 27 heavy (non-hydrogen) atoms. The quantitative estimate of drug-likeness (QED) is 0.671. The normalized spacial score (nSPS) is 11.7. The molecule has 0 aliphatic carbocycles. The standard InChI is InChI=1S/C16H13BrF3N5O2/c1-2-11-7-13(27)25-15(22-14(17)23-25)24(11)8-12(26)21-10-5-3-9(4-6-10)16(18,19)20/h3-7H,2,8H2,1H3,(H,21,26). The zero-order chi connectivity index (χ0) is 19.8. The van der Waals surface area contributed by atoms with Crippen molar-refractivity contribution in [2.24, 2.45) is 0 Å². The molecular formula is C16H13BrF3N5O2. The first-order chi connectivity index (χ1) is 12.7. The molecule has 0 fully saturated rings. The Kier molecular flexibility index (Phi) is 5.05. The largest absolute Gasteiger partial charge is 0.416 e. The second kappa shape index (κ2) is 7.14. The number of carbonyl (C=O) groups excluding carboxylic acids is 1. The van der Waals surface area contributed by atoms with E-state index in [9.17, 15) is 22.8 Å². The zero-order valence-corrected chi connectivity index (χ0v) is 15.5. The van der Waals surface area contributed by atoms with Crippen LogP contribution in [0.15, 0.2) is 39.9 Å². The fourth-order valence-electron chi connectivity index (χ4n) is 2.56. The number of halogens is 4. The summed E-state index contributed by atoms with van der Waals surface area (Å²) < 4.78 is 40.6. The number of amides is 1. The van der Waals surface area contributed by atoms with Gasteiger partial charge in [0, 0.05) is 17.4 Å². The molecule has 2 heterocycles. The molecule has 2 aromatic heterocycles. The van der Waals surface area contributed by atoms with Crippen molar-refractivity contribution in [1.29, 1.82) is 0 Å². The molecule has 1 aromatic carbocycles. The minimum absolute atomic E-state index is 0.181. The van der Waals surface area contributed by atoms with Gasteiger partial charge in [-0.1, -0.05) is 6.92 Å². The van der Waals surface area contributed by atoms with Gasteiger partial charge in [0.1, 0.15) is 6.54 Å². The molecule has 0 spiro atoms. The first kappa shape index (κ1) is 19.1. The monoisotopic (exact) mass is 443 g/mol. The number of fused-ring (bicyclic) bond motifs is 1. The van der Waals surface area contributed by atoms with Gasteiger partial charge < -0.3 is 9.88 Å². The number of rotatable bonds is 4. The van der Waals surface area contributed by atoms with Crippen LogP contribution in [-0.4, -0.2) is 25.1 Å². The van der Waals surface area contributed by atoms with Crippen LogP contribution in [0.4, 0.5) is 18.9 Å². The average Bonchev–Trinajstić information content (AvgIpc) is 2.99. The van der Waals surface area contributed by atoms with Crippen molar-refractivity contribution < 1.29 is 18.0 Å². The first-order valence-corrected chi connectivity index (χ1v) is 8.60. The molecule has 0 saturated heterocycles. The molecule has 3 rings (SSSR count). The van der Waals surface area contributed by atoms with E-state index >= 15 is 0 Å². The fourth-order valence-corrected chi connectivity index (χ4v) is 2.88. The third kappa shape index (κ3) is 4.02. The SMILES string of the molecule is CCc1cc(=O)n2nc(Br)nc2n1CC(=O)Nc1ccc(C(F)(F)F)cc1. The summed E-state index contributed by atoms with van der Waals surface area (Å²) in [5.74, 6) is -0.289. The molecule has 142 valence electrons. The predicted octanol–water partition coefficient (Wildman–Crippen LogP) is 2.87. The molecule has 1 N–H and O–H groups in total. The molecule has 0 radical (unpaired) electrons. The van der Waals surface area contributed by atoms with Gasteiger partial charge in [0.15, 0.2) is 0 Å². The summed E-state index contributed by atoms with van der Waals surface area (Å²) in [6, 6.07) is 5.49. The average molecular weight is 444 g/mol. The smallest absolute Gasteiger partial charge is 0.325 e. The summed E-state index contributed by atoms with van der Waals surface area (Å²) >= 11 is 3.09. The Bertz CT molecular complexity index is 1060. The maximum absolute atomic E-state index is 12.6. The number of hydrogen-bond donors (Lipinski definition) is 1. The Labute approximate surface area is 159 Å². The van der Waals surface area contributed by atoms with Crippen molar-refractivity contribution in [3.05, 3.63) is 56.7 Å². The molecule has 3 aromatic rings. The highest BCUT2D eigenvalue weighted by Crippen LogP contribution is 2.29. The van der Waals surface area contributed by atoms with E-state index < -0.39 is 17.6 Å². The number of aryl methyl sites for hydroxylation is 1. The Morgan fingerprint density at radius 3 is 2.52 bits per heavy atom. The van der Waals surface area contributed by atoms with E-state index in [0.717, 1.165) is 16.6 Å². The number of nitrogens with one attached hydrogen (secondary N) is 1. The van der Waals surface area contributed by atoms with Crippen molar-refractivity contribution in [3.8, 4) is 0 Å². The maximum atomic E-state index is 12.6. The lowest BCUT2D eigenvalue weighted by Gasteiger charge is -2.13. The highest BCUT2D eigenvalue weighted by molar-refractivity contribution is 9.10. The highest BCUT2D eigenvalue weighted by atomic mass is 79.9. The van der Waals surface area contributed by atoms with Crippen LogP contribution in [0.25, 0.3) is 5.78 Å². The molecule has 0 bridgehead atoms. The fraction of sp³-hybridized carbons (Fsp3) is 0.250. The van der Waals surface area contributed by atoms with Gasteiger partial charge in [0.05, 0.1) is 5.56 Å². The third-order valence-corrected chi connectivity index (χ3v) is 4.15. The van der Waals surface area contributed by atoms with E-state index in [0.29, 0.717) is 12.1 Å². The van der Waals surface area contributed by atoms with Crippen LogP contribution in [0.2, 0.25) is 0 Å². The molecule has 0 atom stereocenters. The van der Waals surface area contributed by atoms with Gasteiger partial charge in [0.25, 0.3) is 5.56 Å². The van der Waals surface area contributed by atoms with Gasteiger partial charge >= 0.3 is 6.18 Å². The molecule has 0 aliphatic heterocycles. The minimum Gasteiger partial charge on any atom is -0.325 e. The Hall–Kier alpha value is -2.69. The molecule has 0 aliphatic rings. The summed E-state index contributed by atoms with van der Waals surface area (Å²) in [5.41, 5.74) is -0.371. The summed E-state index contributed by atoms with van der Waals surface area (Å²) in [7, 11) is 0. The Morgan fingerprint density at radius 1 is 1.26 bits per heavy atom. The maximum Gasteiger partial charge on any atom is 0.416 e. The van der Waals surface area contributed by atoms with Crippen molar-refractivity contribution >= 4 is 33.3 Å². The van der Waals surface area contributed by atoms with Gasteiger partial charge in [-0.05, 0) is 46.6 Å². The second-order valence-corrected chi connectivity index (χ2v) is 6.34. The van der Waals surface area contributed by atoms with Crippen molar-refractivity contribution in [1.82, 2.24) is 19.2 Å². The molecule has 7 nitrogen and oxygen atoms in total. The van der Waals surface area contributed by atoms with Crippen molar-refractivity contribution in [2.45, 2.75) is 26.1 Å². The van der Waals surface area contributed by atoms with Crippen LogP contribution in [0, 0.1) is 0 Å². The van der Waals surface area contributed by atoms with Gasteiger partial charge in [-0.2, -0.15) is 22.7 Å². The molecule has 1 amide bonds. The number of anilines is 1. The van der Waals surface area contributed by atoms with Gasteiger partial charge in [-0.15, -0.1) is 5.10 Å². The van der Waals surface area contributed by atoms with Gasteiger partial charge in [-0.25, -0.2) is 0 Å². The molecule has 0 unspecified atom stereocenters. The molecular weight excluding hydrogens is 431 g/mol. The van der Waals surface area contributed by atoms with E-state index in [2.05, 4.69) is 31.3 Å². The zero-order valence-electron chi connectivity index (χ0n) is 13.9. The second-order valence-electron chi connectivity index (χ2n) is 5.63. The molecule has 11 heteroatoms. The Balaban J connectivity index is 1.86. The lowest BCUT2D eigenvalue weighted by molar-refractivity contribution is -0.137. The number of aromatic nitrogens is 4. The molecule has 0 saturated carbocycles. The van der Waals surface area contributed by atoms with Crippen molar-refractivity contribution in [2.75, 3.05) is 5.32 Å². The van der Waals surface area contributed by atoms with Gasteiger partial charge in [0.2, 0.25) is 16.4 Å². The van der Waals surface area contributed by atoms with E-state index in [1.165, 1.54) is 22.8 Å². The number of nitrogens with zero attached hydrogens (tertiary/aromatic N) is 4. The first-order valence-electron chi connectivity index (χ1n) is 7.81. The number of carbonyl (C=O) groups is 1. The van der Waals surface area contributed by atoms with Crippen LogP contribution < -0.4 is 10.9 Å². The summed E-state index contributed by atoms with van der Waals surface area (Å²) in [6.45, 7) is 1.64. The number of alkyl halides is 3. The minimum atomic E-state index is -4.44. The van der Waals surface area contributed by atoms with E-state index in [4.69, 9.17) is 0 Å². The van der Waals surface area contributed by atoms with E-state index in [1.807, 2.05) is 6.92 Å². The van der Waals surface area contributed by atoms with Crippen LogP contribution in [0.1, 0.15) is 18.2 Å². The lowest BCUT2D eigenvalue weighted by Crippen LogP contribution is -2.26. The lowest BCUT2D eigenvalue weighted by atomic mass is 10.2. The van der Waals surface area contributed by atoms with E-state index in [1.54, 1.807) is 0 Å².